The fraction of sp³-hybridized carbons (Fsp3) is 0.364. The molecule has 64 valence electrons. The van der Waals surface area contributed by atoms with Crippen molar-refractivity contribution in [2.24, 2.45) is 4.99 Å². The van der Waals surface area contributed by atoms with E-state index in [9.17, 15) is 0 Å². The molecule has 0 N–H and O–H groups in total. The van der Waals surface area contributed by atoms with E-state index < -0.39 is 0 Å². The van der Waals surface area contributed by atoms with Crippen LogP contribution < -0.4 is 0 Å². The molecule has 1 rings (SSSR count). The van der Waals surface area contributed by atoms with E-state index in [1.54, 1.807) is 0 Å². The van der Waals surface area contributed by atoms with Crippen molar-refractivity contribution in [2.75, 3.05) is 0 Å². The Kier molecular flexibility index (Phi) is 2.32. The Morgan fingerprint density at radius 2 is 1.58 bits per heavy atom. The zero-order valence-corrected chi connectivity index (χ0v) is 8.23. The molecule has 0 amide bonds. The highest BCUT2D eigenvalue weighted by molar-refractivity contribution is 5.60. The highest BCUT2D eigenvalue weighted by Gasteiger charge is 2.05. The van der Waals surface area contributed by atoms with Crippen LogP contribution in [-0.2, 0) is 0 Å². The lowest BCUT2D eigenvalue weighted by Crippen LogP contribution is -1.89. The predicted octanol–water partition coefficient (Wildman–Crippen LogP) is 3.25. The molecule has 0 aliphatic rings. The van der Waals surface area contributed by atoms with Crippen LogP contribution in [0.15, 0.2) is 11.1 Å². The molecule has 0 saturated heterocycles. The summed E-state index contributed by atoms with van der Waals surface area (Å²) < 4.78 is 0. The lowest BCUT2D eigenvalue weighted by molar-refractivity contribution is 1.22. The van der Waals surface area contributed by atoms with Gasteiger partial charge in [0.25, 0.3) is 0 Å². The van der Waals surface area contributed by atoms with E-state index in [0.29, 0.717) is 0 Å². The quantitative estimate of drug-likeness (QED) is 0.561. The maximum Gasteiger partial charge on any atom is 0.0683 e. The third-order valence-corrected chi connectivity index (χ3v) is 2.47. The van der Waals surface area contributed by atoms with Gasteiger partial charge in [0.15, 0.2) is 0 Å². The summed E-state index contributed by atoms with van der Waals surface area (Å²) in [7, 11) is 0. The molecule has 0 aliphatic heterocycles. The van der Waals surface area contributed by atoms with Gasteiger partial charge < -0.3 is 0 Å². The first-order valence-corrected chi connectivity index (χ1v) is 4.12. The molecule has 1 aromatic rings. The summed E-state index contributed by atoms with van der Waals surface area (Å²) in [4.78, 5) is 4.02. The van der Waals surface area contributed by atoms with Crippen molar-refractivity contribution in [2.45, 2.75) is 27.7 Å². The van der Waals surface area contributed by atoms with E-state index in [2.05, 4.69) is 45.5 Å². The van der Waals surface area contributed by atoms with Crippen LogP contribution in [0.2, 0.25) is 0 Å². The monoisotopic (exact) mass is 161 g/mol. The molecule has 0 heterocycles. The Hall–Kier alpha value is -1.11. The second-order valence-corrected chi connectivity index (χ2v) is 3.27. The van der Waals surface area contributed by atoms with Crippen molar-refractivity contribution < 1.29 is 0 Å². The molecule has 0 atom stereocenters. The fourth-order valence-corrected chi connectivity index (χ4v) is 1.51. The van der Waals surface area contributed by atoms with Gasteiger partial charge in [0.05, 0.1) is 5.69 Å². The van der Waals surface area contributed by atoms with Crippen molar-refractivity contribution in [3.8, 4) is 0 Å². The topological polar surface area (TPSA) is 12.4 Å². The van der Waals surface area contributed by atoms with Crippen molar-refractivity contribution in [1.29, 1.82) is 0 Å². The number of hydrogen-bond donors (Lipinski definition) is 0. The average molecular weight is 161 g/mol. The predicted molar refractivity (Wildman–Crippen MR) is 54.6 cm³/mol. The number of nitrogens with zero attached hydrogens (tertiary/aromatic N) is 1. The van der Waals surface area contributed by atoms with E-state index in [4.69, 9.17) is 0 Å². The Morgan fingerprint density at radius 3 is 2.08 bits per heavy atom. The lowest BCUT2D eigenvalue weighted by atomic mass is 9.99. The highest BCUT2D eigenvalue weighted by atomic mass is 14.7. The molecular formula is C11H15N. The second-order valence-electron chi connectivity index (χ2n) is 3.27. The van der Waals surface area contributed by atoms with E-state index >= 15 is 0 Å². The minimum atomic E-state index is 1.04. The largest absolute Gasteiger partial charge is 0.264 e. The number of benzene rings is 1. The van der Waals surface area contributed by atoms with Gasteiger partial charge in [-0.1, -0.05) is 6.07 Å². The molecule has 0 radical (unpaired) electrons. The standard InChI is InChI=1S/C11H15N/c1-7-6-8(2)11(12-5)10(4)9(7)3/h6H,5H2,1-4H3. The summed E-state index contributed by atoms with van der Waals surface area (Å²) in [5.74, 6) is 0. The molecule has 0 saturated carbocycles. The molecule has 1 heteroatoms. The Bertz CT molecular complexity index is 324. The van der Waals surface area contributed by atoms with E-state index in [1.807, 2.05) is 0 Å². The van der Waals surface area contributed by atoms with Crippen molar-refractivity contribution >= 4 is 12.4 Å². The first kappa shape index (κ1) is 8.98. The molecular weight excluding hydrogens is 146 g/mol. The van der Waals surface area contributed by atoms with Gasteiger partial charge in [-0.05, 0) is 56.7 Å². The van der Waals surface area contributed by atoms with Crippen LogP contribution in [0.25, 0.3) is 0 Å². The van der Waals surface area contributed by atoms with Crippen molar-refractivity contribution in [3.05, 3.63) is 28.3 Å². The van der Waals surface area contributed by atoms with Gasteiger partial charge in [0, 0.05) is 0 Å². The number of aryl methyl sites for hydroxylation is 2. The molecule has 0 bridgehead atoms. The summed E-state index contributed by atoms with van der Waals surface area (Å²) in [6.07, 6.45) is 0. The summed E-state index contributed by atoms with van der Waals surface area (Å²) in [5, 5.41) is 0. The summed E-state index contributed by atoms with van der Waals surface area (Å²) in [6, 6.07) is 2.16. The van der Waals surface area contributed by atoms with Crippen LogP contribution >= 0.6 is 0 Å². The lowest BCUT2D eigenvalue weighted by Gasteiger charge is -2.10. The smallest absolute Gasteiger partial charge is 0.0683 e. The summed E-state index contributed by atoms with van der Waals surface area (Å²) in [5.41, 5.74) is 6.16. The van der Waals surface area contributed by atoms with Gasteiger partial charge >= 0.3 is 0 Å². The normalized spacial score (nSPS) is 10.0. The summed E-state index contributed by atoms with van der Waals surface area (Å²) in [6.45, 7) is 12.0. The van der Waals surface area contributed by atoms with Crippen LogP contribution in [0.3, 0.4) is 0 Å². The SMILES string of the molecule is C=Nc1c(C)cc(C)c(C)c1C. The minimum Gasteiger partial charge on any atom is -0.264 e. The van der Waals surface area contributed by atoms with E-state index in [-0.39, 0.29) is 0 Å². The molecule has 12 heavy (non-hydrogen) atoms. The first-order chi connectivity index (χ1) is 5.57. The van der Waals surface area contributed by atoms with Gasteiger partial charge in [-0.3, -0.25) is 4.99 Å². The van der Waals surface area contributed by atoms with Crippen molar-refractivity contribution in [1.82, 2.24) is 0 Å². The van der Waals surface area contributed by atoms with E-state index in [1.165, 1.54) is 22.3 Å². The molecule has 0 aliphatic carbocycles. The third-order valence-electron chi connectivity index (χ3n) is 2.47. The van der Waals surface area contributed by atoms with Gasteiger partial charge in [0.2, 0.25) is 0 Å². The molecule has 1 nitrogen and oxygen atoms in total. The Morgan fingerprint density at radius 1 is 1.00 bits per heavy atom. The maximum absolute atomic E-state index is 4.02. The summed E-state index contributed by atoms with van der Waals surface area (Å²) >= 11 is 0. The minimum absolute atomic E-state index is 1.04. The molecule has 0 fully saturated rings. The number of aliphatic imine (C=N–C) groups is 1. The van der Waals surface area contributed by atoms with Gasteiger partial charge in [0.1, 0.15) is 0 Å². The van der Waals surface area contributed by atoms with Gasteiger partial charge in [-0.25, -0.2) is 0 Å². The highest BCUT2D eigenvalue weighted by Crippen LogP contribution is 2.27. The molecule has 1 aromatic carbocycles. The van der Waals surface area contributed by atoms with Gasteiger partial charge in [-0.15, -0.1) is 0 Å². The van der Waals surface area contributed by atoms with Crippen LogP contribution in [0.4, 0.5) is 5.69 Å². The average Bonchev–Trinajstić information content (AvgIpc) is 2.01. The van der Waals surface area contributed by atoms with Crippen LogP contribution in [0, 0.1) is 27.7 Å². The van der Waals surface area contributed by atoms with Crippen LogP contribution in [0.5, 0.6) is 0 Å². The van der Waals surface area contributed by atoms with Crippen LogP contribution in [-0.4, -0.2) is 6.72 Å². The zero-order chi connectivity index (χ0) is 9.30. The first-order valence-electron chi connectivity index (χ1n) is 4.12. The number of rotatable bonds is 1. The second kappa shape index (κ2) is 3.10. The van der Waals surface area contributed by atoms with Crippen molar-refractivity contribution in [3.63, 3.8) is 0 Å². The van der Waals surface area contributed by atoms with Crippen LogP contribution in [0.1, 0.15) is 22.3 Å². The maximum atomic E-state index is 4.02. The van der Waals surface area contributed by atoms with Gasteiger partial charge in [-0.2, -0.15) is 0 Å². The molecule has 0 unspecified atom stereocenters. The fourth-order valence-electron chi connectivity index (χ4n) is 1.51. The number of hydrogen-bond acceptors (Lipinski definition) is 1. The van der Waals surface area contributed by atoms with E-state index in [0.717, 1.165) is 5.69 Å². The zero-order valence-electron chi connectivity index (χ0n) is 8.23. The molecule has 0 aromatic heterocycles. The Labute approximate surface area is 74.2 Å². The third kappa shape index (κ3) is 1.27. The Balaban J connectivity index is 3.51. The molecule has 0 spiro atoms.